The molecular formula is C15H24O4. The predicted molar refractivity (Wildman–Crippen MR) is 68.8 cm³/mol. The molecule has 4 atom stereocenters. The van der Waals surface area contributed by atoms with Crippen LogP contribution in [-0.4, -0.2) is 44.4 Å². The van der Waals surface area contributed by atoms with Crippen molar-refractivity contribution >= 4 is 0 Å². The van der Waals surface area contributed by atoms with Crippen molar-refractivity contribution in [2.24, 2.45) is 11.3 Å². The van der Waals surface area contributed by atoms with E-state index in [1.54, 1.807) is 0 Å². The molecule has 0 aromatic rings. The summed E-state index contributed by atoms with van der Waals surface area (Å²) in [5, 5.41) is 0. The fraction of sp³-hybridized carbons (Fsp3) is 1.00. The third-order valence-electron chi connectivity index (χ3n) is 5.31. The molecular weight excluding hydrogens is 244 g/mol. The zero-order valence-electron chi connectivity index (χ0n) is 11.7. The molecule has 19 heavy (non-hydrogen) atoms. The Labute approximate surface area is 114 Å². The van der Waals surface area contributed by atoms with E-state index in [2.05, 4.69) is 6.92 Å². The van der Waals surface area contributed by atoms with Gasteiger partial charge in [-0.15, -0.1) is 0 Å². The van der Waals surface area contributed by atoms with Gasteiger partial charge in [0.1, 0.15) is 0 Å². The maximum atomic E-state index is 6.06. The molecule has 4 unspecified atom stereocenters. The molecule has 4 aliphatic rings. The molecule has 4 nitrogen and oxygen atoms in total. The predicted octanol–water partition coefficient (Wildman–Crippen LogP) is 2.11. The Balaban J connectivity index is 1.32. The van der Waals surface area contributed by atoms with Gasteiger partial charge in [0.05, 0.1) is 38.1 Å². The van der Waals surface area contributed by atoms with Crippen LogP contribution in [0.15, 0.2) is 0 Å². The summed E-state index contributed by atoms with van der Waals surface area (Å²) in [4.78, 5) is 0. The maximum Gasteiger partial charge on any atom is 0.162 e. The standard InChI is InChI=1S/C15H24O4/c1-10-2-3-11(7-16-10)14-17-8-15(9-18-14)5-4-12-13(6-15)19-12/h10-14H,2-9H2,1H3. The van der Waals surface area contributed by atoms with Crippen LogP contribution in [0.2, 0.25) is 0 Å². The number of rotatable bonds is 1. The lowest BCUT2D eigenvalue weighted by Gasteiger charge is -2.44. The number of fused-ring (bicyclic) bond motifs is 1. The number of ether oxygens (including phenoxy) is 4. The molecule has 0 bridgehead atoms. The Kier molecular flexibility index (Phi) is 3.10. The fourth-order valence-electron chi connectivity index (χ4n) is 3.85. The summed E-state index contributed by atoms with van der Waals surface area (Å²) in [5.74, 6) is 0.419. The second kappa shape index (κ2) is 4.69. The monoisotopic (exact) mass is 268 g/mol. The molecule has 0 radical (unpaired) electrons. The number of hydrogen-bond acceptors (Lipinski definition) is 4. The van der Waals surface area contributed by atoms with Gasteiger partial charge in [-0.2, -0.15) is 0 Å². The number of hydrogen-bond donors (Lipinski definition) is 0. The molecule has 4 rings (SSSR count). The normalized spacial score (nSPS) is 53.8. The van der Waals surface area contributed by atoms with Crippen molar-refractivity contribution in [2.75, 3.05) is 19.8 Å². The van der Waals surface area contributed by atoms with Crippen LogP contribution in [0.25, 0.3) is 0 Å². The minimum Gasteiger partial charge on any atom is -0.378 e. The van der Waals surface area contributed by atoms with Gasteiger partial charge in [-0.05, 0) is 39.0 Å². The average Bonchev–Trinajstić information content (AvgIpc) is 3.19. The van der Waals surface area contributed by atoms with Crippen molar-refractivity contribution in [3.8, 4) is 0 Å². The summed E-state index contributed by atoms with van der Waals surface area (Å²) in [5.41, 5.74) is 0.233. The van der Waals surface area contributed by atoms with Crippen LogP contribution < -0.4 is 0 Å². The third kappa shape index (κ3) is 2.44. The van der Waals surface area contributed by atoms with Gasteiger partial charge in [0.15, 0.2) is 6.29 Å². The molecule has 4 heteroatoms. The third-order valence-corrected chi connectivity index (χ3v) is 5.31. The van der Waals surface area contributed by atoms with Crippen molar-refractivity contribution in [3.63, 3.8) is 0 Å². The molecule has 0 N–H and O–H groups in total. The van der Waals surface area contributed by atoms with Gasteiger partial charge < -0.3 is 18.9 Å². The van der Waals surface area contributed by atoms with Gasteiger partial charge in [0.2, 0.25) is 0 Å². The first-order valence-electron chi connectivity index (χ1n) is 7.74. The van der Waals surface area contributed by atoms with Crippen molar-refractivity contribution in [2.45, 2.75) is 63.6 Å². The van der Waals surface area contributed by atoms with E-state index in [1.165, 1.54) is 12.8 Å². The first-order chi connectivity index (χ1) is 9.24. The van der Waals surface area contributed by atoms with E-state index >= 15 is 0 Å². The molecule has 108 valence electrons. The maximum absolute atomic E-state index is 6.06. The molecule has 1 saturated carbocycles. The van der Waals surface area contributed by atoms with Crippen molar-refractivity contribution < 1.29 is 18.9 Å². The van der Waals surface area contributed by atoms with E-state index in [0.29, 0.717) is 24.2 Å². The molecule has 0 aromatic carbocycles. The highest BCUT2D eigenvalue weighted by Gasteiger charge is 2.52. The Hall–Kier alpha value is -0.160. The van der Waals surface area contributed by atoms with Crippen LogP contribution in [0.3, 0.4) is 0 Å². The zero-order chi connectivity index (χ0) is 12.9. The van der Waals surface area contributed by atoms with Gasteiger partial charge >= 0.3 is 0 Å². The first kappa shape index (κ1) is 12.6. The Morgan fingerprint density at radius 3 is 2.47 bits per heavy atom. The fourth-order valence-corrected chi connectivity index (χ4v) is 3.85. The highest BCUT2D eigenvalue weighted by Crippen LogP contribution is 2.48. The van der Waals surface area contributed by atoms with Crippen LogP contribution in [-0.2, 0) is 18.9 Å². The number of epoxide rings is 1. The highest BCUT2D eigenvalue weighted by atomic mass is 16.7. The van der Waals surface area contributed by atoms with E-state index in [9.17, 15) is 0 Å². The zero-order valence-corrected chi connectivity index (χ0v) is 11.7. The Bertz CT molecular complexity index is 329. The van der Waals surface area contributed by atoms with Crippen LogP contribution in [0.1, 0.15) is 39.0 Å². The Morgan fingerprint density at radius 2 is 1.79 bits per heavy atom. The van der Waals surface area contributed by atoms with E-state index in [4.69, 9.17) is 18.9 Å². The van der Waals surface area contributed by atoms with Gasteiger partial charge in [0, 0.05) is 11.3 Å². The highest BCUT2D eigenvalue weighted by molar-refractivity contribution is 4.99. The van der Waals surface area contributed by atoms with Gasteiger partial charge in [-0.25, -0.2) is 0 Å². The minimum atomic E-state index is -0.0454. The van der Waals surface area contributed by atoms with Crippen molar-refractivity contribution in [1.29, 1.82) is 0 Å². The van der Waals surface area contributed by atoms with Crippen molar-refractivity contribution in [1.82, 2.24) is 0 Å². The molecule has 1 spiro atoms. The quantitative estimate of drug-likeness (QED) is 0.683. The van der Waals surface area contributed by atoms with Crippen LogP contribution in [0.5, 0.6) is 0 Å². The van der Waals surface area contributed by atoms with Crippen LogP contribution in [0.4, 0.5) is 0 Å². The smallest absolute Gasteiger partial charge is 0.162 e. The molecule has 3 aliphatic heterocycles. The topological polar surface area (TPSA) is 40.2 Å². The molecule has 1 aliphatic carbocycles. The molecule has 3 saturated heterocycles. The van der Waals surface area contributed by atoms with Gasteiger partial charge in [-0.1, -0.05) is 0 Å². The summed E-state index contributed by atoms with van der Waals surface area (Å²) in [6.07, 6.45) is 7.19. The summed E-state index contributed by atoms with van der Waals surface area (Å²) in [6.45, 7) is 4.61. The summed E-state index contributed by atoms with van der Waals surface area (Å²) >= 11 is 0. The lowest BCUT2D eigenvalue weighted by Crippen LogP contribution is -2.48. The van der Waals surface area contributed by atoms with E-state index in [1.807, 2.05) is 0 Å². The van der Waals surface area contributed by atoms with E-state index in [0.717, 1.165) is 39.1 Å². The molecule has 4 fully saturated rings. The van der Waals surface area contributed by atoms with E-state index in [-0.39, 0.29) is 11.7 Å². The summed E-state index contributed by atoms with van der Waals surface area (Å²) < 4.78 is 23.5. The molecule has 0 amide bonds. The molecule has 0 aromatic heterocycles. The lowest BCUT2D eigenvalue weighted by molar-refractivity contribution is -0.266. The second-order valence-corrected chi connectivity index (χ2v) is 6.93. The first-order valence-corrected chi connectivity index (χ1v) is 7.74. The van der Waals surface area contributed by atoms with Gasteiger partial charge in [0.25, 0.3) is 0 Å². The SMILES string of the molecule is CC1CCC(C2OCC3(CCC4OC4C3)CO2)CO1. The summed E-state index contributed by atoms with van der Waals surface area (Å²) in [7, 11) is 0. The lowest BCUT2D eigenvalue weighted by atomic mass is 9.75. The second-order valence-electron chi connectivity index (χ2n) is 6.93. The molecule has 3 heterocycles. The van der Waals surface area contributed by atoms with Crippen molar-refractivity contribution in [3.05, 3.63) is 0 Å². The van der Waals surface area contributed by atoms with Gasteiger partial charge in [-0.3, -0.25) is 0 Å². The largest absolute Gasteiger partial charge is 0.378 e. The minimum absolute atomic E-state index is 0.0454. The van der Waals surface area contributed by atoms with Crippen LogP contribution in [0, 0.1) is 11.3 Å². The Morgan fingerprint density at radius 1 is 0.947 bits per heavy atom. The summed E-state index contributed by atoms with van der Waals surface area (Å²) in [6, 6.07) is 0. The van der Waals surface area contributed by atoms with Crippen LogP contribution >= 0.6 is 0 Å². The average molecular weight is 268 g/mol. The van der Waals surface area contributed by atoms with E-state index < -0.39 is 0 Å².